The number of ether oxygens (including phenoxy) is 2. The van der Waals surface area contributed by atoms with Crippen molar-refractivity contribution in [3.8, 4) is 0 Å². The molecule has 5 rings (SSSR count). The lowest BCUT2D eigenvalue weighted by atomic mass is 9.84. The first-order chi connectivity index (χ1) is 13.7. The third-order valence-electron chi connectivity index (χ3n) is 5.65. The number of carbonyl (C=O) groups excluding carboxylic acids is 1. The number of hydrogen-bond acceptors (Lipinski definition) is 4. The van der Waals surface area contributed by atoms with Gasteiger partial charge in [0, 0.05) is 30.1 Å². The molecule has 0 aliphatic carbocycles. The lowest BCUT2D eigenvalue weighted by molar-refractivity contribution is -0.188. The maximum atomic E-state index is 12.8. The number of nitrogens with zero attached hydrogens (tertiary/aromatic N) is 2. The molecule has 1 spiro atoms. The van der Waals surface area contributed by atoms with E-state index in [0.717, 1.165) is 29.4 Å². The van der Waals surface area contributed by atoms with E-state index in [0.29, 0.717) is 32.0 Å². The zero-order valence-corrected chi connectivity index (χ0v) is 15.6. The fourth-order valence-electron chi connectivity index (χ4n) is 4.18. The highest BCUT2D eigenvalue weighted by molar-refractivity contribution is 5.98. The van der Waals surface area contributed by atoms with Gasteiger partial charge in [-0.1, -0.05) is 24.3 Å². The second-order valence-electron chi connectivity index (χ2n) is 7.71. The van der Waals surface area contributed by atoms with Gasteiger partial charge in [0.05, 0.1) is 31.5 Å². The topological polar surface area (TPSA) is 67.5 Å². The Morgan fingerprint density at radius 2 is 2.11 bits per heavy atom. The summed E-state index contributed by atoms with van der Waals surface area (Å²) >= 11 is 0. The van der Waals surface area contributed by atoms with E-state index in [-0.39, 0.29) is 17.6 Å². The summed E-state index contributed by atoms with van der Waals surface area (Å²) in [5.74, 6) is 0.0296. The summed E-state index contributed by atoms with van der Waals surface area (Å²) in [5, 5.41) is 1.05. The van der Waals surface area contributed by atoms with Crippen LogP contribution in [0, 0.1) is 0 Å². The van der Waals surface area contributed by atoms with Crippen LogP contribution in [-0.4, -0.2) is 52.2 Å². The van der Waals surface area contributed by atoms with Crippen LogP contribution in [0.2, 0.25) is 0 Å². The predicted octanol–water partition coefficient (Wildman–Crippen LogP) is 3.15. The Morgan fingerprint density at radius 1 is 1.25 bits per heavy atom. The molecule has 1 aromatic carbocycles. The Balaban J connectivity index is 1.19. The average molecular weight is 377 g/mol. The van der Waals surface area contributed by atoms with Gasteiger partial charge >= 0.3 is 0 Å². The summed E-state index contributed by atoms with van der Waals surface area (Å²) in [7, 11) is 0. The van der Waals surface area contributed by atoms with Gasteiger partial charge in [0.15, 0.2) is 0 Å². The summed E-state index contributed by atoms with van der Waals surface area (Å²) in [5.41, 5.74) is 2.29. The molecule has 2 fully saturated rings. The molecular formula is C22H23N3O3. The van der Waals surface area contributed by atoms with Crippen LogP contribution in [0.5, 0.6) is 0 Å². The van der Waals surface area contributed by atoms with E-state index in [1.807, 2.05) is 53.4 Å². The van der Waals surface area contributed by atoms with Crippen molar-refractivity contribution < 1.29 is 14.3 Å². The third kappa shape index (κ3) is 3.30. The summed E-state index contributed by atoms with van der Waals surface area (Å²) < 4.78 is 12.1. The lowest BCUT2D eigenvalue weighted by Crippen LogP contribution is -2.67. The molecule has 144 valence electrons. The number of carbonyl (C=O) groups is 1. The molecule has 1 atom stereocenters. The van der Waals surface area contributed by atoms with E-state index in [4.69, 9.17) is 9.47 Å². The fraction of sp³-hybridized carbons (Fsp3) is 0.364. The predicted molar refractivity (Wildman–Crippen MR) is 105 cm³/mol. The summed E-state index contributed by atoms with van der Waals surface area (Å²) in [4.78, 5) is 22.2. The number of aromatic nitrogens is 2. The van der Waals surface area contributed by atoms with Gasteiger partial charge < -0.3 is 19.4 Å². The van der Waals surface area contributed by atoms with Crippen LogP contribution in [-0.2, 0) is 16.1 Å². The van der Waals surface area contributed by atoms with Gasteiger partial charge in [-0.05, 0) is 30.7 Å². The number of aromatic amines is 1. The molecule has 28 heavy (non-hydrogen) atoms. The van der Waals surface area contributed by atoms with Gasteiger partial charge in [0.2, 0.25) is 0 Å². The number of para-hydroxylation sites is 1. The summed E-state index contributed by atoms with van der Waals surface area (Å²) in [6.07, 6.45) is 3.62. The number of amides is 1. The normalized spacial score (nSPS) is 21.0. The Bertz CT molecular complexity index is 946. The number of rotatable bonds is 4. The molecule has 1 amide bonds. The lowest BCUT2D eigenvalue weighted by Gasteiger charge is -2.52. The minimum absolute atomic E-state index is 0.0296. The van der Waals surface area contributed by atoms with E-state index in [2.05, 4.69) is 9.97 Å². The monoisotopic (exact) mass is 377 g/mol. The zero-order valence-electron chi connectivity index (χ0n) is 15.6. The van der Waals surface area contributed by atoms with Crippen LogP contribution in [0.25, 0.3) is 10.9 Å². The first-order valence-corrected chi connectivity index (χ1v) is 9.73. The number of benzene rings is 1. The van der Waals surface area contributed by atoms with Crippen molar-refractivity contribution >= 4 is 16.8 Å². The summed E-state index contributed by atoms with van der Waals surface area (Å²) in [6.45, 7) is 2.41. The number of likely N-dealkylation sites (tertiary alicyclic amines) is 1. The highest BCUT2D eigenvalue weighted by Crippen LogP contribution is 2.36. The van der Waals surface area contributed by atoms with Gasteiger partial charge in [-0.25, -0.2) is 0 Å². The van der Waals surface area contributed by atoms with Crippen molar-refractivity contribution in [2.24, 2.45) is 0 Å². The number of pyridine rings is 1. The molecular weight excluding hydrogens is 354 g/mol. The molecule has 0 saturated carbocycles. The first kappa shape index (κ1) is 17.4. The van der Waals surface area contributed by atoms with Crippen molar-refractivity contribution in [2.75, 3.05) is 19.7 Å². The molecule has 2 aromatic heterocycles. The van der Waals surface area contributed by atoms with Gasteiger partial charge in [-0.3, -0.25) is 9.78 Å². The van der Waals surface area contributed by atoms with Gasteiger partial charge in [0.25, 0.3) is 5.91 Å². The zero-order chi connectivity index (χ0) is 19.0. The highest BCUT2D eigenvalue weighted by Gasteiger charge is 2.49. The molecule has 2 saturated heterocycles. The molecule has 0 unspecified atom stereocenters. The van der Waals surface area contributed by atoms with Crippen LogP contribution in [0.1, 0.15) is 29.0 Å². The van der Waals surface area contributed by atoms with Crippen LogP contribution in [0.3, 0.4) is 0 Å². The van der Waals surface area contributed by atoms with E-state index in [1.165, 1.54) is 0 Å². The van der Waals surface area contributed by atoms with Crippen molar-refractivity contribution in [1.29, 1.82) is 0 Å². The van der Waals surface area contributed by atoms with E-state index >= 15 is 0 Å². The molecule has 6 nitrogen and oxygen atoms in total. The highest BCUT2D eigenvalue weighted by atomic mass is 16.5. The average Bonchev–Trinajstić information content (AvgIpc) is 3.15. The Labute approximate surface area is 163 Å². The first-order valence-electron chi connectivity index (χ1n) is 9.73. The van der Waals surface area contributed by atoms with Gasteiger partial charge in [0.1, 0.15) is 11.3 Å². The fourth-order valence-corrected chi connectivity index (χ4v) is 4.18. The summed E-state index contributed by atoms with van der Waals surface area (Å²) in [6, 6.07) is 15.7. The van der Waals surface area contributed by atoms with E-state index < -0.39 is 0 Å². The van der Waals surface area contributed by atoms with Gasteiger partial charge in [-0.15, -0.1) is 0 Å². The Morgan fingerprint density at radius 3 is 2.93 bits per heavy atom. The third-order valence-corrected chi connectivity index (χ3v) is 5.65. The second-order valence-corrected chi connectivity index (χ2v) is 7.71. The smallest absolute Gasteiger partial charge is 0.270 e. The van der Waals surface area contributed by atoms with Crippen LogP contribution >= 0.6 is 0 Å². The molecule has 0 bridgehead atoms. The molecule has 2 aliphatic rings. The second kappa shape index (κ2) is 7.04. The Kier molecular flexibility index (Phi) is 4.37. The number of nitrogens with one attached hydrogen (secondary N) is 1. The molecule has 4 heterocycles. The van der Waals surface area contributed by atoms with Crippen molar-refractivity contribution in [3.05, 3.63) is 66.1 Å². The maximum Gasteiger partial charge on any atom is 0.270 e. The van der Waals surface area contributed by atoms with Crippen molar-refractivity contribution in [1.82, 2.24) is 14.9 Å². The van der Waals surface area contributed by atoms with Crippen molar-refractivity contribution in [2.45, 2.75) is 31.2 Å². The quantitative estimate of drug-likeness (QED) is 0.758. The van der Waals surface area contributed by atoms with Crippen LogP contribution < -0.4 is 0 Å². The van der Waals surface area contributed by atoms with E-state index in [1.54, 1.807) is 6.20 Å². The minimum atomic E-state index is -0.269. The van der Waals surface area contributed by atoms with Crippen molar-refractivity contribution in [3.63, 3.8) is 0 Å². The van der Waals surface area contributed by atoms with Crippen LogP contribution in [0.4, 0.5) is 0 Å². The van der Waals surface area contributed by atoms with E-state index in [9.17, 15) is 4.79 Å². The standard InChI is InChI=1S/C22H23N3O3/c26-21(20-11-16-5-1-2-7-19(16)24-20)25-14-22(15-25)12-18(8-10-28-22)27-13-17-6-3-4-9-23-17/h1-7,9,11,18,24H,8,10,12-15H2/t18-/m0/s1. The molecule has 0 radical (unpaired) electrons. The molecule has 1 N–H and O–H groups in total. The SMILES string of the molecule is O=C(c1cc2ccccc2[nH]1)N1CC2(C[C@@H](OCc3ccccn3)CCO2)C1. The number of H-pyrrole nitrogens is 1. The minimum Gasteiger partial charge on any atom is -0.372 e. The Hall–Kier alpha value is -2.70. The largest absolute Gasteiger partial charge is 0.372 e. The molecule has 6 heteroatoms. The van der Waals surface area contributed by atoms with Crippen LogP contribution in [0.15, 0.2) is 54.7 Å². The number of fused-ring (bicyclic) bond motifs is 1. The number of hydrogen-bond donors (Lipinski definition) is 1. The molecule has 2 aliphatic heterocycles. The molecule has 3 aromatic rings. The maximum absolute atomic E-state index is 12.8. The van der Waals surface area contributed by atoms with Gasteiger partial charge in [-0.2, -0.15) is 0 Å².